The maximum atomic E-state index is 12.6. The van der Waals surface area contributed by atoms with Crippen LogP contribution in [0.5, 0.6) is 0 Å². The monoisotopic (exact) mass is 357 g/mol. The molecule has 2 aromatic rings. The van der Waals surface area contributed by atoms with Crippen LogP contribution in [0.3, 0.4) is 0 Å². The molecule has 0 aromatic heterocycles. The summed E-state index contributed by atoms with van der Waals surface area (Å²) in [5.74, 6) is 0.120. The van der Waals surface area contributed by atoms with E-state index in [-0.39, 0.29) is 11.8 Å². The van der Waals surface area contributed by atoms with Crippen molar-refractivity contribution in [1.82, 2.24) is 5.32 Å². The maximum Gasteiger partial charge on any atom is 0.178 e. The SMILES string of the molecule is CCS(=O)(=O)c1ccccc1C(NC1CCCCC1)c1ccccc1. The van der Waals surface area contributed by atoms with Crippen LogP contribution in [-0.2, 0) is 9.84 Å². The van der Waals surface area contributed by atoms with Gasteiger partial charge in [0.15, 0.2) is 9.84 Å². The lowest BCUT2D eigenvalue weighted by atomic mass is 9.92. The molecular formula is C21H27NO2S. The minimum Gasteiger partial charge on any atom is -0.303 e. The Labute approximate surface area is 151 Å². The van der Waals surface area contributed by atoms with E-state index in [4.69, 9.17) is 0 Å². The van der Waals surface area contributed by atoms with Crippen LogP contribution in [-0.4, -0.2) is 20.2 Å². The zero-order valence-corrected chi connectivity index (χ0v) is 15.6. The van der Waals surface area contributed by atoms with E-state index < -0.39 is 9.84 Å². The fourth-order valence-electron chi connectivity index (χ4n) is 3.67. The normalized spacial score (nSPS) is 17.3. The number of sulfone groups is 1. The van der Waals surface area contributed by atoms with Crippen LogP contribution >= 0.6 is 0 Å². The van der Waals surface area contributed by atoms with Gasteiger partial charge in [0.1, 0.15) is 0 Å². The van der Waals surface area contributed by atoms with Crippen molar-refractivity contribution in [3.8, 4) is 0 Å². The molecule has 1 fully saturated rings. The van der Waals surface area contributed by atoms with Crippen molar-refractivity contribution >= 4 is 9.84 Å². The van der Waals surface area contributed by atoms with Crippen molar-refractivity contribution in [3.63, 3.8) is 0 Å². The Hall–Kier alpha value is -1.65. The zero-order valence-electron chi connectivity index (χ0n) is 14.8. The van der Waals surface area contributed by atoms with Gasteiger partial charge < -0.3 is 5.32 Å². The van der Waals surface area contributed by atoms with Crippen LogP contribution in [0.2, 0.25) is 0 Å². The molecule has 25 heavy (non-hydrogen) atoms. The molecule has 3 rings (SSSR count). The smallest absolute Gasteiger partial charge is 0.178 e. The van der Waals surface area contributed by atoms with Gasteiger partial charge in [-0.15, -0.1) is 0 Å². The first-order chi connectivity index (χ1) is 12.1. The summed E-state index contributed by atoms with van der Waals surface area (Å²) in [5, 5.41) is 3.76. The van der Waals surface area contributed by atoms with Gasteiger partial charge in [0, 0.05) is 6.04 Å². The lowest BCUT2D eigenvalue weighted by Crippen LogP contribution is -2.35. The molecule has 1 aliphatic carbocycles. The van der Waals surface area contributed by atoms with Gasteiger partial charge in [-0.2, -0.15) is 0 Å². The second-order valence-corrected chi connectivity index (χ2v) is 9.03. The molecule has 0 bridgehead atoms. The van der Waals surface area contributed by atoms with Gasteiger partial charge in [0.05, 0.1) is 16.7 Å². The summed E-state index contributed by atoms with van der Waals surface area (Å²) < 4.78 is 25.2. The summed E-state index contributed by atoms with van der Waals surface area (Å²) in [4.78, 5) is 0.453. The van der Waals surface area contributed by atoms with Crippen molar-refractivity contribution in [2.45, 2.75) is 56.0 Å². The number of rotatable bonds is 6. The van der Waals surface area contributed by atoms with E-state index in [1.54, 1.807) is 13.0 Å². The molecular weight excluding hydrogens is 330 g/mol. The van der Waals surface area contributed by atoms with E-state index in [1.165, 1.54) is 19.3 Å². The Kier molecular flexibility index (Phi) is 5.92. The maximum absolute atomic E-state index is 12.6. The van der Waals surface area contributed by atoms with Gasteiger partial charge in [-0.3, -0.25) is 0 Å². The predicted octanol–water partition coefficient (Wildman–Crippen LogP) is 4.49. The van der Waals surface area contributed by atoms with Crippen molar-refractivity contribution in [2.24, 2.45) is 0 Å². The summed E-state index contributed by atoms with van der Waals surface area (Å²) in [6, 6.07) is 18.0. The summed E-state index contributed by atoms with van der Waals surface area (Å²) in [6.07, 6.45) is 6.11. The van der Waals surface area contributed by atoms with Crippen LogP contribution in [0.15, 0.2) is 59.5 Å². The third kappa shape index (κ3) is 4.31. The largest absolute Gasteiger partial charge is 0.303 e. The second-order valence-electron chi connectivity index (χ2n) is 6.79. The van der Waals surface area contributed by atoms with Crippen LogP contribution in [0.4, 0.5) is 0 Å². The second kappa shape index (κ2) is 8.15. The molecule has 2 aromatic carbocycles. The number of nitrogens with one attached hydrogen (secondary N) is 1. The average Bonchev–Trinajstić information content (AvgIpc) is 2.67. The third-order valence-corrected chi connectivity index (χ3v) is 6.89. The fraction of sp³-hybridized carbons (Fsp3) is 0.429. The number of hydrogen-bond acceptors (Lipinski definition) is 3. The van der Waals surface area contributed by atoms with Crippen LogP contribution < -0.4 is 5.32 Å². The lowest BCUT2D eigenvalue weighted by molar-refractivity contribution is 0.353. The Morgan fingerprint density at radius 3 is 2.28 bits per heavy atom. The Balaban J connectivity index is 2.03. The highest BCUT2D eigenvalue weighted by Gasteiger charge is 2.26. The molecule has 0 radical (unpaired) electrons. The van der Waals surface area contributed by atoms with Crippen molar-refractivity contribution in [1.29, 1.82) is 0 Å². The Bertz CT molecular complexity index is 781. The standard InChI is InChI=1S/C21H27NO2S/c1-2-25(23,24)20-16-10-9-15-19(20)21(17-11-5-3-6-12-17)22-18-13-7-4-8-14-18/h3,5-6,9-12,15-16,18,21-22H,2,4,7-8,13-14H2,1H3. The topological polar surface area (TPSA) is 46.2 Å². The molecule has 0 saturated heterocycles. The van der Waals surface area contributed by atoms with E-state index in [9.17, 15) is 8.42 Å². The van der Waals surface area contributed by atoms with E-state index in [0.29, 0.717) is 10.9 Å². The molecule has 4 heteroatoms. The molecule has 1 saturated carbocycles. The average molecular weight is 358 g/mol. The van der Waals surface area contributed by atoms with E-state index >= 15 is 0 Å². The molecule has 0 amide bonds. The van der Waals surface area contributed by atoms with Gasteiger partial charge >= 0.3 is 0 Å². The minimum absolute atomic E-state index is 0.0955. The van der Waals surface area contributed by atoms with E-state index in [0.717, 1.165) is 24.0 Å². The first-order valence-electron chi connectivity index (χ1n) is 9.24. The van der Waals surface area contributed by atoms with Crippen molar-refractivity contribution < 1.29 is 8.42 Å². The predicted molar refractivity (Wildman–Crippen MR) is 102 cm³/mol. The summed E-state index contributed by atoms with van der Waals surface area (Å²) >= 11 is 0. The third-order valence-electron chi connectivity index (χ3n) is 5.09. The summed E-state index contributed by atoms with van der Waals surface area (Å²) in [6.45, 7) is 1.71. The molecule has 0 heterocycles. The zero-order chi connectivity index (χ0) is 17.7. The van der Waals surface area contributed by atoms with Gasteiger partial charge in [-0.1, -0.05) is 74.7 Å². The van der Waals surface area contributed by atoms with Gasteiger partial charge in [0.2, 0.25) is 0 Å². The molecule has 0 spiro atoms. The minimum atomic E-state index is -3.26. The van der Waals surface area contributed by atoms with Crippen molar-refractivity contribution in [3.05, 3.63) is 65.7 Å². The summed E-state index contributed by atoms with van der Waals surface area (Å²) in [5.41, 5.74) is 1.98. The highest BCUT2D eigenvalue weighted by molar-refractivity contribution is 7.91. The van der Waals surface area contributed by atoms with Gasteiger partial charge in [-0.25, -0.2) is 8.42 Å². The van der Waals surface area contributed by atoms with Gasteiger partial charge in [-0.05, 0) is 30.0 Å². The quantitative estimate of drug-likeness (QED) is 0.828. The van der Waals surface area contributed by atoms with E-state index in [2.05, 4.69) is 17.4 Å². The molecule has 1 unspecified atom stereocenters. The molecule has 1 N–H and O–H groups in total. The number of hydrogen-bond donors (Lipinski definition) is 1. The van der Waals surface area contributed by atoms with Gasteiger partial charge in [0.25, 0.3) is 0 Å². The fourth-order valence-corrected chi connectivity index (χ4v) is 4.82. The van der Waals surface area contributed by atoms with Crippen LogP contribution in [0.25, 0.3) is 0 Å². The highest BCUT2D eigenvalue weighted by Crippen LogP contribution is 2.31. The first-order valence-corrected chi connectivity index (χ1v) is 10.9. The van der Waals surface area contributed by atoms with E-state index in [1.807, 2.05) is 36.4 Å². The Morgan fingerprint density at radius 1 is 0.960 bits per heavy atom. The van der Waals surface area contributed by atoms with Crippen molar-refractivity contribution in [2.75, 3.05) is 5.75 Å². The molecule has 134 valence electrons. The Morgan fingerprint density at radius 2 is 1.60 bits per heavy atom. The first kappa shape index (κ1) is 18.2. The summed E-state index contributed by atoms with van der Waals surface area (Å²) in [7, 11) is -3.26. The molecule has 1 aliphatic rings. The molecule has 1 atom stereocenters. The molecule has 3 nitrogen and oxygen atoms in total. The highest BCUT2D eigenvalue weighted by atomic mass is 32.2. The van der Waals surface area contributed by atoms with Crippen LogP contribution in [0.1, 0.15) is 56.2 Å². The molecule has 0 aliphatic heterocycles. The van der Waals surface area contributed by atoms with Crippen LogP contribution in [0, 0.1) is 0 Å². The lowest BCUT2D eigenvalue weighted by Gasteiger charge is -2.30. The number of benzene rings is 2.